The Bertz CT molecular complexity index is 452. The van der Waals surface area contributed by atoms with Gasteiger partial charge in [0.15, 0.2) is 0 Å². The smallest absolute Gasteiger partial charge is 0.110 e. The first kappa shape index (κ1) is 12.2. The Kier molecular flexibility index (Phi) is 3.24. The number of benzene rings is 1. The van der Waals surface area contributed by atoms with E-state index in [1.165, 1.54) is 5.56 Å². The van der Waals surface area contributed by atoms with Gasteiger partial charge < -0.3 is 0 Å². The van der Waals surface area contributed by atoms with Gasteiger partial charge in [0.1, 0.15) is 5.67 Å². The van der Waals surface area contributed by atoms with Crippen molar-refractivity contribution in [2.75, 3.05) is 0 Å². The molecular weight excluding hydrogens is 211 g/mol. The second kappa shape index (κ2) is 4.53. The fourth-order valence-electron chi connectivity index (χ4n) is 2.23. The van der Waals surface area contributed by atoms with Crippen LogP contribution in [0.2, 0.25) is 0 Å². The van der Waals surface area contributed by atoms with Crippen molar-refractivity contribution in [1.82, 2.24) is 0 Å². The number of rotatable bonds is 1. The molecule has 1 saturated carbocycles. The number of hydrogen-bond donors (Lipinski definition) is 0. The van der Waals surface area contributed by atoms with Gasteiger partial charge in [0.05, 0.1) is 0 Å². The minimum absolute atomic E-state index is 0.243. The first-order valence-corrected chi connectivity index (χ1v) is 6.27. The van der Waals surface area contributed by atoms with E-state index in [1.54, 1.807) is 6.92 Å². The Balaban J connectivity index is 2.05. The normalized spacial score (nSPS) is 27.2. The van der Waals surface area contributed by atoms with Crippen molar-refractivity contribution in [3.8, 4) is 11.8 Å². The van der Waals surface area contributed by atoms with Crippen LogP contribution in [0.4, 0.5) is 4.39 Å². The predicted molar refractivity (Wildman–Crippen MR) is 69.6 cm³/mol. The van der Waals surface area contributed by atoms with Crippen LogP contribution < -0.4 is 0 Å². The van der Waals surface area contributed by atoms with Gasteiger partial charge in [-0.25, -0.2) is 4.39 Å². The monoisotopic (exact) mass is 230 g/mol. The Hall–Kier alpha value is -1.29. The summed E-state index contributed by atoms with van der Waals surface area (Å²) >= 11 is 0. The van der Waals surface area contributed by atoms with E-state index in [0.717, 1.165) is 5.56 Å². The Morgan fingerprint density at radius 2 is 2.06 bits per heavy atom. The van der Waals surface area contributed by atoms with Gasteiger partial charge in [0.2, 0.25) is 0 Å². The summed E-state index contributed by atoms with van der Waals surface area (Å²) in [6.45, 7) is 6.00. The van der Waals surface area contributed by atoms with Gasteiger partial charge in [-0.2, -0.15) is 0 Å². The zero-order chi connectivity index (χ0) is 12.5. The molecule has 0 unspecified atom stereocenters. The standard InChI is InChI=1S/C16H19F/c1-12(2)15-6-4-5-13(9-15)7-8-14-10-16(3,17)11-14/h4-6,9,12,14H,10-11H2,1-3H3. The molecule has 0 nitrogen and oxygen atoms in total. The number of alkyl halides is 1. The van der Waals surface area contributed by atoms with E-state index in [0.29, 0.717) is 18.8 Å². The summed E-state index contributed by atoms with van der Waals surface area (Å²) in [4.78, 5) is 0. The van der Waals surface area contributed by atoms with Crippen LogP contribution in [-0.4, -0.2) is 5.67 Å². The number of halogens is 1. The second-order valence-electron chi connectivity index (χ2n) is 5.57. The van der Waals surface area contributed by atoms with Gasteiger partial charge >= 0.3 is 0 Å². The van der Waals surface area contributed by atoms with E-state index < -0.39 is 5.67 Å². The molecule has 0 amide bonds. The molecule has 0 bridgehead atoms. The summed E-state index contributed by atoms with van der Waals surface area (Å²) in [6.07, 6.45) is 1.17. The molecule has 90 valence electrons. The van der Waals surface area contributed by atoms with Crippen LogP contribution in [0.15, 0.2) is 24.3 Å². The van der Waals surface area contributed by atoms with Crippen LogP contribution in [-0.2, 0) is 0 Å². The van der Waals surface area contributed by atoms with Crippen LogP contribution in [0.1, 0.15) is 50.7 Å². The highest BCUT2D eigenvalue weighted by atomic mass is 19.1. The summed E-state index contributed by atoms with van der Waals surface area (Å²) in [5.74, 6) is 7.10. The van der Waals surface area contributed by atoms with E-state index >= 15 is 0 Å². The third-order valence-corrected chi connectivity index (χ3v) is 3.32. The van der Waals surface area contributed by atoms with Crippen LogP contribution >= 0.6 is 0 Å². The maximum atomic E-state index is 13.3. The second-order valence-corrected chi connectivity index (χ2v) is 5.57. The maximum Gasteiger partial charge on any atom is 0.110 e. The van der Waals surface area contributed by atoms with Crippen LogP contribution in [0.5, 0.6) is 0 Å². The minimum atomic E-state index is -0.973. The van der Waals surface area contributed by atoms with Gasteiger partial charge in [-0.15, -0.1) is 0 Å². The topological polar surface area (TPSA) is 0 Å². The first-order valence-electron chi connectivity index (χ1n) is 6.27. The molecule has 1 fully saturated rings. The molecule has 0 heterocycles. The number of hydrogen-bond acceptors (Lipinski definition) is 0. The van der Waals surface area contributed by atoms with Crippen molar-refractivity contribution in [2.45, 2.75) is 45.2 Å². The molecule has 17 heavy (non-hydrogen) atoms. The quantitative estimate of drug-likeness (QED) is 0.631. The van der Waals surface area contributed by atoms with Crippen molar-refractivity contribution >= 4 is 0 Å². The van der Waals surface area contributed by atoms with E-state index in [9.17, 15) is 4.39 Å². The van der Waals surface area contributed by atoms with E-state index in [-0.39, 0.29) is 5.92 Å². The molecule has 0 aromatic heterocycles. The lowest BCUT2D eigenvalue weighted by atomic mass is 9.74. The molecular formula is C16H19F. The van der Waals surface area contributed by atoms with E-state index in [2.05, 4.69) is 37.8 Å². The molecule has 0 N–H and O–H groups in total. The maximum absolute atomic E-state index is 13.3. The summed E-state index contributed by atoms with van der Waals surface area (Å²) in [5, 5.41) is 0. The van der Waals surface area contributed by atoms with E-state index in [1.807, 2.05) is 12.1 Å². The molecule has 1 heteroatoms. The van der Waals surface area contributed by atoms with E-state index in [4.69, 9.17) is 0 Å². The largest absolute Gasteiger partial charge is 0.244 e. The van der Waals surface area contributed by atoms with Crippen LogP contribution in [0.3, 0.4) is 0 Å². The van der Waals surface area contributed by atoms with Gasteiger partial charge in [0, 0.05) is 11.5 Å². The third kappa shape index (κ3) is 3.09. The third-order valence-electron chi connectivity index (χ3n) is 3.32. The van der Waals surface area contributed by atoms with Crippen molar-refractivity contribution in [1.29, 1.82) is 0 Å². The summed E-state index contributed by atoms with van der Waals surface area (Å²) in [7, 11) is 0. The lowest BCUT2D eigenvalue weighted by molar-refractivity contribution is 0.0521. The van der Waals surface area contributed by atoms with Gasteiger partial charge in [-0.1, -0.05) is 37.8 Å². The van der Waals surface area contributed by atoms with Crippen LogP contribution in [0.25, 0.3) is 0 Å². The molecule has 0 atom stereocenters. The minimum Gasteiger partial charge on any atom is -0.244 e. The Morgan fingerprint density at radius 3 is 2.65 bits per heavy atom. The van der Waals surface area contributed by atoms with Crippen LogP contribution in [0, 0.1) is 17.8 Å². The lowest BCUT2D eigenvalue weighted by Gasteiger charge is -2.35. The molecule has 0 saturated heterocycles. The Morgan fingerprint density at radius 1 is 1.35 bits per heavy atom. The zero-order valence-electron chi connectivity index (χ0n) is 10.8. The molecule has 1 aliphatic rings. The summed E-state index contributed by atoms with van der Waals surface area (Å²) < 4.78 is 13.3. The highest BCUT2D eigenvalue weighted by molar-refractivity contribution is 5.38. The molecule has 1 aromatic carbocycles. The zero-order valence-corrected chi connectivity index (χ0v) is 10.8. The fraction of sp³-hybridized carbons (Fsp3) is 0.500. The van der Waals surface area contributed by atoms with Gasteiger partial charge in [-0.3, -0.25) is 0 Å². The molecule has 0 radical (unpaired) electrons. The lowest BCUT2D eigenvalue weighted by Crippen LogP contribution is -2.35. The molecule has 0 aliphatic heterocycles. The average molecular weight is 230 g/mol. The van der Waals surface area contributed by atoms with Gasteiger partial charge in [-0.05, 0) is 43.4 Å². The Labute approximate surface area is 103 Å². The molecule has 2 rings (SSSR count). The highest BCUT2D eigenvalue weighted by Gasteiger charge is 2.39. The van der Waals surface area contributed by atoms with Gasteiger partial charge in [0.25, 0.3) is 0 Å². The molecule has 0 spiro atoms. The molecule has 1 aromatic rings. The summed E-state index contributed by atoms with van der Waals surface area (Å²) in [6, 6.07) is 8.31. The van der Waals surface area contributed by atoms with Crippen molar-refractivity contribution in [2.24, 2.45) is 5.92 Å². The average Bonchev–Trinajstić information content (AvgIpc) is 2.23. The highest BCUT2D eigenvalue weighted by Crippen LogP contribution is 2.40. The predicted octanol–water partition coefficient (Wildman–Crippen LogP) is 4.30. The van der Waals surface area contributed by atoms with Crippen molar-refractivity contribution < 1.29 is 4.39 Å². The molecule has 1 aliphatic carbocycles. The van der Waals surface area contributed by atoms with Crippen molar-refractivity contribution in [3.05, 3.63) is 35.4 Å². The SMILES string of the molecule is CC(C)c1cccc(C#CC2CC(C)(F)C2)c1. The fourth-order valence-corrected chi connectivity index (χ4v) is 2.23. The first-order chi connectivity index (χ1) is 7.96. The van der Waals surface area contributed by atoms with Crippen molar-refractivity contribution in [3.63, 3.8) is 0 Å². The summed E-state index contributed by atoms with van der Waals surface area (Å²) in [5.41, 5.74) is 1.38.